The number of aromatic nitrogens is 2. The van der Waals surface area contributed by atoms with Crippen molar-refractivity contribution in [3.63, 3.8) is 0 Å². The van der Waals surface area contributed by atoms with Crippen LogP contribution in [0, 0.1) is 6.92 Å². The first kappa shape index (κ1) is 12.6. The number of H-pyrrole nitrogens is 1. The van der Waals surface area contributed by atoms with Crippen LogP contribution in [0.4, 0.5) is 0 Å². The van der Waals surface area contributed by atoms with Gasteiger partial charge in [-0.3, -0.25) is 4.57 Å². The Labute approximate surface area is 106 Å². The molecule has 18 heavy (non-hydrogen) atoms. The smallest absolute Gasteiger partial charge is 0.325 e. The van der Waals surface area contributed by atoms with Crippen LogP contribution in [0.3, 0.4) is 0 Å². The van der Waals surface area contributed by atoms with E-state index in [2.05, 4.69) is 4.98 Å². The Morgan fingerprint density at radius 2 is 2.00 bits per heavy atom. The van der Waals surface area contributed by atoms with E-state index in [1.54, 1.807) is 10.8 Å². The quantitative estimate of drug-likeness (QED) is 0.865. The fraction of sp³-hybridized carbons (Fsp3) is 0.357. The number of hydrogen-bond acceptors (Lipinski definition) is 2. The Morgan fingerprint density at radius 3 is 2.56 bits per heavy atom. The number of nitrogens with zero attached hydrogens (tertiary/aromatic N) is 1. The summed E-state index contributed by atoms with van der Waals surface area (Å²) < 4.78 is 1.68. The van der Waals surface area contributed by atoms with Gasteiger partial charge >= 0.3 is 5.69 Å². The summed E-state index contributed by atoms with van der Waals surface area (Å²) >= 11 is 0. The highest BCUT2D eigenvalue weighted by Crippen LogP contribution is 2.18. The van der Waals surface area contributed by atoms with E-state index in [9.17, 15) is 4.79 Å². The molecule has 0 bridgehead atoms. The lowest BCUT2D eigenvalue weighted by Gasteiger charge is -2.21. The Hall–Kier alpha value is -1.81. The van der Waals surface area contributed by atoms with Gasteiger partial charge in [0.1, 0.15) is 0 Å². The van der Waals surface area contributed by atoms with E-state index in [1.807, 2.05) is 45.0 Å². The molecule has 0 amide bonds. The van der Waals surface area contributed by atoms with E-state index in [0.717, 1.165) is 23.4 Å². The number of hydrogen-bond donors (Lipinski definition) is 2. The Bertz CT molecular complexity index is 602. The standard InChI is InChI=1S/C14H19N3O/c1-10-9-16-13(18)17(10)12-7-5-4-6-11(12)8-14(2,3)15/h4-7,9H,8,15H2,1-3H3,(H,16,18). The molecule has 96 valence electrons. The van der Waals surface area contributed by atoms with E-state index < -0.39 is 0 Å². The van der Waals surface area contributed by atoms with Gasteiger partial charge in [0.15, 0.2) is 0 Å². The van der Waals surface area contributed by atoms with Crippen molar-refractivity contribution in [3.05, 3.63) is 52.2 Å². The third-order valence-electron chi connectivity index (χ3n) is 2.84. The largest absolute Gasteiger partial charge is 0.330 e. The van der Waals surface area contributed by atoms with Crippen LogP contribution < -0.4 is 11.4 Å². The maximum absolute atomic E-state index is 11.8. The first-order chi connectivity index (χ1) is 8.38. The van der Waals surface area contributed by atoms with Gasteiger partial charge in [0.2, 0.25) is 0 Å². The van der Waals surface area contributed by atoms with Gasteiger partial charge < -0.3 is 10.7 Å². The topological polar surface area (TPSA) is 63.8 Å². The molecule has 4 heteroatoms. The third-order valence-corrected chi connectivity index (χ3v) is 2.84. The minimum absolute atomic E-state index is 0.116. The first-order valence-corrected chi connectivity index (χ1v) is 6.03. The number of aryl methyl sites for hydroxylation is 1. The lowest BCUT2D eigenvalue weighted by atomic mass is 9.95. The van der Waals surface area contributed by atoms with Crippen molar-refractivity contribution in [1.29, 1.82) is 0 Å². The normalized spacial score (nSPS) is 11.8. The maximum atomic E-state index is 11.8. The first-order valence-electron chi connectivity index (χ1n) is 6.03. The zero-order valence-corrected chi connectivity index (χ0v) is 11.0. The maximum Gasteiger partial charge on any atom is 0.330 e. The summed E-state index contributed by atoms with van der Waals surface area (Å²) in [5.74, 6) is 0. The molecule has 0 aliphatic rings. The van der Waals surface area contributed by atoms with Crippen molar-refractivity contribution in [2.45, 2.75) is 32.7 Å². The number of benzene rings is 1. The molecule has 1 aromatic heterocycles. The molecule has 2 aromatic rings. The fourth-order valence-corrected chi connectivity index (χ4v) is 2.12. The molecular formula is C14H19N3O. The van der Waals surface area contributed by atoms with Gasteiger partial charge in [-0.15, -0.1) is 0 Å². The summed E-state index contributed by atoms with van der Waals surface area (Å²) in [7, 11) is 0. The summed E-state index contributed by atoms with van der Waals surface area (Å²) in [6.07, 6.45) is 2.44. The van der Waals surface area contributed by atoms with Crippen LogP contribution in [0.25, 0.3) is 5.69 Å². The third kappa shape index (κ3) is 2.54. The molecule has 4 nitrogen and oxygen atoms in total. The minimum Gasteiger partial charge on any atom is -0.325 e. The number of para-hydroxylation sites is 1. The van der Waals surface area contributed by atoms with Crippen LogP contribution in [-0.2, 0) is 6.42 Å². The molecule has 0 unspecified atom stereocenters. The van der Waals surface area contributed by atoms with E-state index in [-0.39, 0.29) is 11.2 Å². The lowest BCUT2D eigenvalue weighted by molar-refractivity contribution is 0.515. The highest BCUT2D eigenvalue weighted by molar-refractivity contribution is 5.43. The van der Waals surface area contributed by atoms with Gasteiger partial charge in [-0.2, -0.15) is 0 Å². The van der Waals surface area contributed by atoms with E-state index in [4.69, 9.17) is 5.73 Å². The SMILES string of the molecule is Cc1c[nH]c(=O)n1-c1ccccc1CC(C)(C)N. The van der Waals surface area contributed by atoms with Gasteiger partial charge in [0.25, 0.3) is 0 Å². The van der Waals surface area contributed by atoms with Crippen LogP contribution in [0.15, 0.2) is 35.3 Å². The highest BCUT2D eigenvalue weighted by Gasteiger charge is 2.16. The van der Waals surface area contributed by atoms with Gasteiger partial charge in [0, 0.05) is 17.4 Å². The number of aromatic amines is 1. The summed E-state index contributed by atoms with van der Waals surface area (Å²) in [6.45, 7) is 5.87. The molecule has 0 fully saturated rings. The second-order valence-corrected chi connectivity index (χ2v) is 5.36. The Balaban J connectivity index is 2.56. The zero-order chi connectivity index (χ0) is 13.3. The van der Waals surface area contributed by atoms with Crippen molar-refractivity contribution in [2.75, 3.05) is 0 Å². The van der Waals surface area contributed by atoms with Crippen molar-refractivity contribution in [3.8, 4) is 5.69 Å². The number of imidazole rings is 1. The lowest BCUT2D eigenvalue weighted by Crippen LogP contribution is -2.35. The molecule has 3 N–H and O–H groups in total. The van der Waals surface area contributed by atoms with Crippen molar-refractivity contribution in [1.82, 2.24) is 9.55 Å². The number of nitrogens with two attached hydrogens (primary N) is 1. The van der Waals surface area contributed by atoms with Crippen LogP contribution in [0.5, 0.6) is 0 Å². The van der Waals surface area contributed by atoms with Crippen molar-refractivity contribution >= 4 is 0 Å². The summed E-state index contributed by atoms with van der Waals surface area (Å²) in [5.41, 5.74) is 8.53. The summed E-state index contributed by atoms with van der Waals surface area (Å²) in [6, 6.07) is 7.87. The van der Waals surface area contributed by atoms with E-state index >= 15 is 0 Å². The molecule has 0 atom stereocenters. The Kier molecular flexibility index (Phi) is 3.13. The number of nitrogens with one attached hydrogen (secondary N) is 1. The van der Waals surface area contributed by atoms with Crippen LogP contribution in [-0.4, -0.2) is 15.1 Å². The summed E-state index contributed by atoms with van der Waals surface area (Å²) in [4.78, 5) is 14.5. The van der Waals surface area contributed by atoms with Gasteiger partial charge in [-0.1, -0.05) is 18.2 Å². The van der Waals surface area contributed by atoms with Crippen LogP contribution in [0.1, 0.15) is 25.1 Å². The van der Waals surface area contributed by atoms with Crippen molar-refractivity contribution in [2.24, 2.45) is 5.73 Å². The molecule has 1 aromatic carbocycles. The highest BCUT2D eigenvalue weighted by atomic mass is 16.1. The van der Waals surface area contributed by atoms with Crippen LogP contribution in [0.2, 0.25) is 0 Å². The molecule has 0 radical (unpaired) electrons. The second-order valence-electron chi connectivity index (χ2n) is 5.36. The molecule has 0 aliphatic heterocycles. The monoisotopic (exact) mass is 245 g/mol. The molecule has 0 saturated heterocycles. The van der Waals surface area contributed by atoms with Crippen molar-refractivity contribution < 1.29 is 0 Å². The molecular weight excluding hydrogens is 226 g/mol. The zero-order valence-electron chi connectivity index (χ0n) is 11.0. The molecule has 0 spiro atoms. The average Bonchev–Trinajstić information content (AvgIpc) is 2.58. The molecule has 2 rings (SSSR count). The molecule has 0 saturated carbocycles. The van der Waals surface area contributed by atoms with Crippen LogP contribution >= 0.6 is 0 Å². The van der Waals surface area contributed by atoms with Gasteiger partial charge in [0.05, 0.1) is 5.69 Å². The van der Waals surface area contributed by atoms with Gasteiger partial charge in [-0.25, -0.2) is 4.79 Å². The van der Waals surface area contributed by atoms with E-state index in [1.165, 1.54) is 0 Å². The average molecular weight is 245 g/mol. The second kappa shape index (κ2) is 4.46. The van der Waals surface area contributed by atoms with E-state index in [0.29, 0.717) is 0 Å². The molecule has 0 aliphatic carbocycles. The Morgan fingerprint density at radius 1 is 1.33 bits per heavy atom. The summed E-state index contributed by atoms with van der Waals surface area (Å²) in [5, 5.41) is 0. The predicted molar refractivity (Wildman–Crippen MR) is 73.1 cm³/mol. The number of rotatable bonds is 3. The predicted octanol–water partition coefficient (Wildman–Crippen LogP) is 1.75. The molecule has 1 heterocycles. The fourth-order valence-electron chi connectivity index (χ4n) is 2.12. The van der Waals surface area contributed by atoms with Gasteiger partial charge in [-0.05, 0) is 38.8 Å². The minimum atomic E-state index is -0.302.